The van der Waals surface area contributed by atoms with E-state index < -0.39 is 0 Å². The van der Waals surface area contributed by atoms with Crippen LogP contribution < -0.4 is 14.5 Å². The zero-order valence-corrected chi connectivity index (χ0v) is 15.8. The molecule has 5 nitrogen and oxygen atoms in total. The van der Waals surface area contributed by atoms with E-state index in [0.29, 0.717) is 23.7 Å². The van der Waals surface area contributed by atoms with Gasteiger partial charge in [-0.25, -0.2) is 4.98 Å². The van der Waals surface area contributed by atoms with Crippen molar-refractivity contribution in [1.82, 2.24) is 4.98 Å². The Kier molecular flexibility index (Phi) is 5.71. The molecule has 0 saturated carbocycles. The summed E-state index contributed by atoms with van der Waals surface area (Å²) in [5, 5.41) is 0. The fraction of sp³-hybridized carbons (Fsp3) is 0.182. The van der Waals surface area contributed by atoms with Gasteiger partial charge in [-0.15, -0.1) is 0 Å². The highest BCUT2D eigenvalue weighted by Gasteiger charge is 2.19. The molecule has 2 aromatic carbocycles. The van der Waals surface area contributed by atoms with Gasteiger partial charge in [-0.05, 0) is 48.0 Å². The van der Waals surface area contributed by atoms with Gasteiger partial charge in [0.25, 0.3) is 5.91 Å². The summed E-state index contributed by atoms with van der Waals surface area (Å²) in [5.41, 5.74) is 2.70. The van der Waals surface area contributed by atoms with Gasteiger partial charge in [0.05, 0.1) is 13.7 Å². The van der Waals surface area contributed by atoms with Crippen LogP contribution in [0.2, 0.25) is 0 Å². The molecule has 0 N–H and O–H groups in total. The summed E-state index contributed by atoms with van der Waals surface area (Å²) in [6, 6.07) is 20.9. The van der Waals surface area contributed by atoms with Crippen LogP contribution in [0.25, 0.3) is 0 Å². The number of rotatable bonds is 6. The van der Waals surface area contributed by atoms with Crippen molar-refractivity contribution in [3.05, 3.63) is 84.1 Å². The number of aromatic nitrogens is 1. The van der Waals surface area contributed by atoms with Crippen molar-refractivity contribution in [3.8, 4) is 5.75 Å². The summed E-state index contributed by atoms with van der Waals surface area (Å²) < 4.78 is 5.25. The number of benzene rings is 2. The number of ether oxygens (including phenoxy) is 1. The van der Waals surface area contributed by atoms with Crippen LogP contribution in [0.1, 0.15) is 15.9 Å². The van der Waals surface area contributed by atoms with Crippen molar-refractivity contribution >= 4 is 17.4 Å². The summed E-state index contributed by atoms with van der Waals surface area (Å²) >= 11 is 0. The van der Waals surface area contributed by atoms with E-state index in [4.69, 9.17) is 4.74 Å². The number of pyridine rings is 1. The number of carbonyl (C=O) groups excluding carboxylic acids is 1. The Bertz CT molecular complexity index is 893. The van der Waals surface area contributed by atoms with E-state index in [0.717, 1.165) is 11.3 Å². The molecule has 0 saturated heterocycles. The van der Waals surface area contributed by atoms with E-state index in [-0.39, 0.29) is 5.91 Å². The minimum atomic E-state index is -0.121. The maximum absolute atomic E-state index is 13.2. The van der Waals surface area contributed by atoms with Gasteiger partial charge in [-0.1, -0.05) is 24.3 Å². The Labute approximate surface area is 159 Å². The van der Waals surface area contributed by atoms with E-state index in [2.05, 4.69) is 4.98 Å². The lowest BCUT2D eigenvalue weighted by atomic mass is 10.1. The van der Waals surface area contributed by atoms with Crippen LogP contribution in [0.15, 0.2) is 72.9 Å². The third-order valence-electron chi connectivity index (χ3n) is 4.28. The Morgan fingerprint density at radius 1 is 1.00 bits per heavy atom. The van der Waals surface area contributed by atoms with Gasteiger partial charge in [-0.2, -0.15) is 0 Å². The molecule has 0 aliphatic heterocycles. The summed E-state index contributed by atoms with van der Waals surface area (Å²) in [4.78, 5) is 21.3. The molecule has 0 atom stereocenters. The molecule has 3 aromatic rings. The van der Waals surface area contributed by atoms with Crippen LogP contribution in [-0.4, -0.2) is 32.1 Å². The number of nitrogens with zero attached hydrogens (tertiary/aromatic N) is 3. The summed E-state index contributed by atoms with van der Waals surface area (Å²) in [6.07, 6.45) is 1.69. The minimum absolute atomic E-state index is 0.121. The topological polar surface area (TPSA) is 45.7 Å². The lowest BCUT2D eigenvalue weighted by molar-refractivity contribution is 0.0984. The lowest BCUT2D eigenvalue weighted by Gasteiger charge is -2.22. The van der Waals surface area contributed by atoms with Gasteiger partial charge in [-0.3, -0.25) is 9.69 Å². The molecule has 1 heterocycles. The molecule has 3 rings (SSSR count). The second-order valence-corrected chi connectivity index (χ2v) is 6.37. The van der Waals surface area contributed by atoms with Crippen molar-refractivity contribution in [3.63, 3.8) is 0 Å². The Hall–Kier alpha value is -3.34. The normalized spacial score (nSPS) is 10.3. The van der Waals surface area contributed by atoms with E-state index in [9.17, 15) is 4.79 Å². The van der Waals surface area contributed by atoms with Crippen LogP contribution in [0.4, 0.5) is 11.5 Å². The van der Waals surface area contributed by atoms with E-state index in [1.807, 2.05) is 73.6 Å². The summed E-state index contributed by atoms with van der Waals surface area (Å²) in [7, 11) is 5.59. The molecule has 0 aliphatic rings. The first kappa shape index (κ1) is 18.5. The van der Waals surface area contributed by atoms with Crippen molar-refractivity contribution in [2.75, 3.05) is 31.0 Å². The van der Waals surface area contributed by atoms with Gasteiger partial charge in [0, 0.05) is 31.5 Å². The molecule has 0 radical (unpaired) electrons. The van der Waals surface area contributed by atoms with Gasteiger partial charge < -0.3 is 9.64 Å². The second kappa shape index (κ2) is 8.36. The van der Waals surface area contributed by atoms with Crippen molar-refractivity contribution in [1.29, 1.82) is 0 Å². The predicted molar refractivity (Wildman–Crippen MR) is 109 cm³/mol. The lowest BCUT2D eigenvalue weighted by Crippen LogP contribution is -2.31. The summed E-state index contributed by atoms with van der Waals surface area (Å²) in [6.45, 7) is 0.431. The van der Waals surface area contributed by atoms with E-state index in [1.165, 1.54) is 0 Å². The number of methoxy groups -OCH3 is 1. The Balaban J connectivity index is 1.92. The molecule has 0 unspecified atom stereocenters. The molecule has 1 aromatic heterocycles. The van der Waals surface area contributed by atoms with Crippen molar-refractivity contribution in [2.45, 2.75) is 6.54 Å². The Morgan fingerprint density at radius 3 is 2.41 bits per heavy atom. The van der Waals surface area contributed by atoms with Crippen LogP contribution in [0, 0.1) is 0 Å². The zero-order chi connectivity index (χ0) is 19.2. The maximum atomic E-state index is 13.2. The quantitative estimate of drug-likeness (QED) is 0.666. The van der Waals surface area contributed by atoms with Gasteiger partial charge in [0.2, 0.25) is 0 Å². The third kappa shape index (κ3) is 4.44. The van der Waals surface area contributed by atoms with Crippen LogP contribution in [0.3, 0.4) is 0 Å². The highest BCUT2D eigenvalue weighted by Crippen LogP contribution is 2.21. The molecule has 1 amide bonds. The zero-order valence-electron chi connectivity index (χ0n) is 15.8. The number of hydrogen-bond donors (Lipinski definition) is 0. The first-order valence-corrected chi connectivity index (χ1v) is 8.71. The Morgan fingerprint density at radius 2 is 1.78 bits per heavy atom. The molecular formula is C22H23N3O2. The first-order chi connectivity index (χ1) is 13.1. The van der Waals surface area contributed by atoms with Crippen molar-refractivity contribution in [2.24, 2.45) is 0 Å². The molecule has 5 heteroatoms. The smallest absolute Gasteiger partial charge is 0.259 e. The molecule has 0 bridgehead atoms. The summed E-state index contributed by atoms with van der Waals surface area (Å²) in [5.74, 6) is 1.14. The van der Waals surface area contributed by atoms with Crippen LogP contribution in [0.5, 0.6) is 5.75 Å². The van der Waals surface area contributed by atoms with Crippen molar-refractivity contribution < 1.29 is 9.53 Å². The minimum Gasteiger partial charge on any atom is -0.497 e. The third-order valence-corrected chi connectivity index (χ3v) is 4.28. The second-order valence-electron chi connectivity index (χ2n) is 6.37. The molecule has 138 valence electrons. The van der Waals surface area contributed by atoms with Gasteiger partial charge in [0.15, 0.2) is 0 Å². The molecular weight excluding hydrogens is 338 g/mol. The number of hydrogen-bond acceptors (Lipinski definition) is 4. The molecule has 0 aliphatic carbocycles. The monoisotopic (exact) mass is 361 g/mol. The highest BCUT2D eigenvalue weighted by molar-refractivity contribution is 6.05. The SMILES string of the molecule is COc1cccc(C(=O)N(Cc2ccc(N(C)C)cc2)c2ccccn2)c1. The fourth-order valence-electron chi connectivity index (χ4n) is 2.76. The predicted octanol–water partition coefficient (Wildman–Crippen LogP) is 4.00. The van der Waals surface area contributed by atoms with Gasteiger partial charge in [0.1, 0.15) is 11.6 Å². The number of amides is 1. The molecule has 0 spiro atoms. The standard InChI is InChI=1S/C22H23N3O2/c1-24(2)19-12-10-17(11-13-19)16-25(21-9-4-5-14-23-21)22(26)18-7-6-8-20(15-18)27-3/h4-15H,16H2,1-3H3. The van der Waals surface area contributed by atoms with Gasteiger partial charge >= 0.3 is 0 Å². The largest absolute Gasteiger partial charge is 0.497 e. The van der Waals surface area contributed by atoms with E-state index >= 15 is 0 Å². The number of carbonyl (C=O) groups is 1. The van der Waals surface area contributed by atoms with Crippen LogP contribution >= 0.6 is 0 Å². The highest BCUT2D eigenvalue weighted by atomic mass is 16.5. The molecule has 0 fully saturated rings. The fourth-order valence-corrected chi connectivity index (χ4v) is 2.76. The molecule has 27 heavy (non-hydrogen) atoms. The first-order valence-electron chi connectivity index (χ1n) is 8.71. The average molecular weight is 361 g/mol. The number of anilines is 2. The maximum Gasteiger partial charge on any atom is 0.259 e. The van der Waals surface area contributed by atoms with Crippen LogP contribution in [-0.2, 0) is 6.54 Å². The van der Waals surface area contributed by atoms with E-state index in [1.54, 1.807) is 30.3 Å². The average Bonchev–Trinajstić information content (AvgIpc) is 2.72.